The van der Waals surface area contributed by atoms with Crippen molar-refractivity contribution < 1.29 is 14.0 Å². The first-order chi connectivity index (χ1) is 9.50. The van der Waals surface area contributed by atoms with E-state index in [0.29, 0.717) is 5.56 Å². The van der Waals surface area contributed by atoms with Crippen LogP contribution in [0.2, 0.25) is 5.02 Å². The van der Waals surface area contributed by atoms with Crippen molar-refractivity contribution in [2.24, 2.45) is 0 Å². The summed E-state index contributed by atoms with van der Waals surface area (Å²) in [5.74, 6) is 0. The summed E-state index contributed by atoms with van der Waals surface area (Å²) in [5.41, 5.74) is 0.528. The van der Waals surface area contributed by atoms with Crippen LogP contribution in [0, 0.1) is 10.1 Å². The molecule has 0 N–H and O–H groups in total. The summed E-state index contributed by atoms with van der Waals surface area (Å²) in [7, 11) is -2.88. The Morgan fingerprint density at radius 3 is 2.35 bits per heavy atom. The second kappa shape index (κ2) is 5.09. The molecule has 108 valence electrons. The summed E-state index contributed by atoms with van der Waals surface area (Å²) in [6.45, 7) is 3.20. The minimum absolute atomic E-state index is 0.0705. The molecule has 0 bridgehead atoms. The van der Waals surface area contributed by atoms with Crippen LogP contribution in [0.5, 0.6) is 0 Å². The molecule has 1 aromatic rings. The maximum absolute atomic E-state index is 12.7. The lowest BCUT2D eigenvalue weighted by Crippen LogP contribution is -2.08. The molecule has 20 heavy (non-hydrogen) atoms. The van der Waals surface area contributed by atoms with E-state index in [0.717, 1.165) is 26.2 Å². The summed E-state index contributed by atoms with van der Waals surface area (Å²) in [6, 6.07) is 4.18. The third kappa shape index (κ3) is 2.73. The van der Waals surface area contributed by atoms with Crippen molar-refractivity contribution in [3.05, 3.63) is 38.9 Å². The lowest BCUT2D eigenvalue weighted by molar-refractivity contribution is -0.384. The van der Waals surface area contributed by atoms with Gasteiger partial charge in [0.05, 0.1) is 16.6 Å². The fraction of sp³-hybridized carbons (Fsp3) is 0.455. The van der Waals surface area contributed by atoms with E-state index in [1.54, 1.807) is 9.34 Å². The number of benzene rings is 1. The zero-order valence-corrected chi connectivity index (χ0v) is 12.2. The molecule has 3 rings (SSSR count). The van der Waals surface area contributed by atoms with E-state index in [1.807, 2.05) is 0 Å². The maximum Gasteiger partial charge on any atom is 0.346 e. The fourth-order valence-corrected chi connectivity index (χ4v) is 4.27. The van der Waals surface area contributed by atoms with Crippen LogP contribution in [-0.4, -0.2) is 40.4 Å². The summed E-state index contributed by atoms with van der Waals surface area (Å²) >= 11 is 5.99. The van der Waals surface area contributed by atoms with Gasteiger partial charge < -0.3 is 4.52 Å². The molecule has 0 aliphatic carbocycles. The molecule has 1 aromatic carbocycles. The zero-order valence-electron chi connectivity index (χ0n) is 10.6. The van der Waals surface area contributed by atoms with Crippen LogP contribution in [0.3, 0.4) is 0 Å². The molecular formula is C11H13ClN3O4P. The minimum Gasteiger partial charge on any atom is -0.301 e. The highest BCUT2D eigenvalue weighted by atomic mass is 35.5. The van der Waals surface area contributed by atoms with E-state index in [4.69, 9.17) is 16.1 Å². The summed E-state index contributed by atoms with van der Waals surface area (Å²) in [6.07, 6.45) is 0. The molecule has 0 unspecified atom stereocenters. The van der Waals surface area contributed by atoms with Crippen LogP contribution in [0.1, 0.15) is 5.56 Å². The van der Waals surface area contributed by atoms with E-state index in [2.05, 4.69) is 0 Å². The van der Waals surface area contributed by atoms with Crippen LogP contribution in [0.25, 0.3) is 0 Å². The van der Waals surface area contributed by atoms with E-state index in [-0.39, 0.29) is 17.3 Å². The number of hydrogen-bond acceptors (Lipinski definition) is 4. The molecule has 0 amide bonds. The van der Waals surface area contributed by atoms with Gasteiger partial charge in [-0.05, 0) is 11.6 Å². The maximum atomic E-state index is 12.7. The topological polar surface area (TPSA) is 75.5 Å². The first kappa shape index (κ1) is 14.0. The second-order valence-corrected chi connectivity index (χ2v) is 7.48. The van der Waals surface area contributed by atoms with Crippen molar-refractivity contribution in [3.8, 4) is 0 Å². The zero-order chi connectivity index (χ0) is 14.3. The van der Waals surface area contributed by atoms with Crippen molar-refractivity contribution in [2.75, 3.05) is 26.2 Å². The predicted octanol–water partition coefficient (Wildman–Crippen LogP) is 2.50. The highest BCUT2D eigenvalue weighted by molar-refractivity contribution is 7.54. The largest absolute Gasteiger partial charge is 0.346 e. The Balaban J connectivity index is 1.71. The minimum atomic E-state index is -2.88. The third-order valence-electron chi connectivity index (χ3n) is 3.20. The lowest BCUT2D eigenvalue weighted by Gasteiger charge is -2.19. The number of nitro benzene ring substituents is 1. The molecular weight excluding hydrogens is 305 g/mol. The Labute approximate surface area is 120 Å². The van der Waals surface area contributed by atoms with Gasteiger partial charge in [-0.2, -0.15) is 0 Å². The number of hydrogen-bond donors (Lipinski definition) is 0. The van der Waals surface area contributed by atoms with Gasteiger partial charge in [0.25, 0.3) is 5.69 Å². The molecule has 7 nitrogen and oxygen atoms in total. The number of nitro groups is 1. The van der Waals surface area contributed by atoms with Gasteiger partial charge in [-0.1, -0.05) is 11.6 Å². The van der Waals surface area contributed by atoms with Crippen LogP contribution in [0.4, 0.5) is 5.69 Å². The Hall–Kier alpha value is -0.980. The van der Waals surface area contributed by atoms with Gasteiger partial charge >= 0.3 is 7.67 Å². The highest BCUT2D eigenvalue weighted by Crippen LogP contribution is 2.61. The molecule has 0 saturated carbocycles. The second-order valence-electron chi connectivity index (χ2n) is 4.70. The summed E-state index contributed by atoms with van der Waals surface area (Å²) < 4.78 is 21.9. The van der Waals surface area contributed by atoms with Gasteiger partial charge in [0.15, 0.2) is 0 Å². The molecule has 2 heterocycles. The number of nitrogens with zero attached hydrogens (tertiary/aromatic N) is 3. The van der Waals surface area contributed by atoms with Crippen molar-refractivity contribution in [3.63, 3.8) is 0 Å². The van der Waals surface area contributed by atoms with Crippen molar-refractivity contribution >= 4 is 25.0 Å². The molecule has 2 saturated heterocycles. The lowest BCUT2D eigenvalue weighted by atomic mass is 10.2. The normalized spacial score (nSPS) is 19.1. The Bertz CT molecular complexity index is 587. The number of non-ortho nitro benzene ring substituents is 1. The van der Waals surface area contributed by atoms with E-state index < -0.39 is 12.6 Å². The first-order valence-corrected chi connectivity index (χ1v) is 8.10. The SMILES string of the molecule is O=[N+]([O-])c1ccc(COP(=O)(N2CC2)N2CC2)c(Cl)c1. The van der Waals surface area contributed by atoms with Crippen LogP contribution < -0.4 is 0 Å². The predicted molar refractivity (Wildman–Crippen MR) is 73.6 cm³/mol. The summed E-state index contributed by atoms with van der Waals surface area (Å²) in [5, 5.41) is 10.9. The van der Waals surface area contributed by atoms with Gasteiger partial charge in [0.2, 0.25) is 0 Å². The Kier molecular flexibility index (Phi) is 3.56. The Morgan fingerprint density at radius 1 is 1.30 bits per heavy atom. The van der Waals surface area contributed by atoms with Crippen LogP contribution in [0.15, 0.2) is 18.2 Å². The number of rotatable bonds is 6. The van der Waals surface area contributed by atoms with Gasteiger partial charge in [-0.3, -0.25) is 14.7 Å². The third-order valence-corrected chi connectivity index (χ3v) is 6.24. The molecule has 2 aliphatic heterocycles. The molecule has 0 spiro atoms. The molecule has 0 radical (unpaired) electrons. The monoisotopic (exact) mass is 317 g/mol. The smallest absolute Gasteiger partial charge is 0.301 e. The van der Waals surface area contributed by atoms with Crippen LogP contribution >= 0.6 is 19.3 Å². The van der Waals surface area contributed by atoms with Crippen molar-refractivity contribution in [2.45, 2.75) is 6.61 Å². The average Bonchev–Trinajstić information content (AvgIpc) is 3.29. The molecule has 0 aromatic heterocycles. The van der Waals surface area contributed by atoms with Gasteiger partial charge in [0, 0.05) is 38.3 Å². The molecule has 0 atom stereocenters. The van der Waals surface area contributed by atoms with E-state index in [1.165, 1.54) is 18.2 Å². The average molecular weight is 318 g/mol. The van der Waals surface area contributed by atoms with Crippen molar-refractivity contribution in [1.82, 2.24) is 9.34 Å². The molecule has 2 aliphatic rings. The highest BCUT2D eigenvalue weighted by Gasteiger charge is 2.49. The summed E-state index contributed by atoms with van der Waals surface area (Å²) in [4.78, 5) is 10.1. The molecule has 9 heteroatoms. The Morgan fingerprint density at radius 2 is 1.90 bits per heavy atom. The first-order valence-electron chi connectivity index (χ1n) is 6.19. The van der Waals surface area contributed by atoms with E-state index >= 15 is 0 Å². The van der Waals surface area contributed by atoms with Gasteiger partial charge in [0.1, 0.15) is 0 Å². The quantitative estimate of drug-likeness (QED) is 0.347. The van der Waals surface area contributed by atoms with Gasteiger partial charge in [-0.15, -0.1) is 0 Å². The van der Waals surface area contributed by atoms with Crippen molar-refractivity contribution in [1.29, 1.82) is 0 Å². The van der Waals surface area contributed by atoms with Gasteiger partial charge in [-0.25, -0.2) is 9.34 Å². The van der Waals surface area contributed by atoms with E-state index in [9.17, 15) is 14.7 Å². The molecule has 2 fully saturated rings. The van der Waals surface area contributed by atoms with Crippen LogP contribution in [-0.2, 0) is 15.7 Å². The number of halogens is 1. The fourth-order valence-electron chi connectivity index (χ4n) is 1.86. The standard InChI is InChI=1S/C11H13ClN3O4P/c12-11-7-10(15(16)17)2-1-9(11)8-19-20(18,13-3-4-13)14-5-6-14/h1-2,7H,3-6,8H2.